The SMILES string of the molecule is CCNNCC(=S)c1ccc(O)cc1O. The van der Waals surface area contributed by atoms with E-state index in [1.165, 1.54) is 12.1 Å². The molecule has 0 bridgehead atoms. The van der Waals surface area contributed by atoms with Crippen LogP contribution in [0, 0.1) is 0 Å². The molecule has 0 amide bonds. The van der Waals surface area contributed by atoms with Gasteiger partial charge in [-0.15, -0.1) is 0 Å². The van der Waals surface area contributed by atoms with E-state index < -0.39 is 0 Å². The molecule has 82 valence electrons. The maximum Gasteiger partial charge on any atom is 0.127 e. The Balaban J connectivity index is 2.65. The van der Waals surface area contributed by atoms with Crippen LogP contribution in [-0.4, -0.2) is 28.2 Å². The Labute approximate surface area is 93.9 Å². The summed E-state index contributed by atoms with van der Waals surface area (Å²) in [5.41, 5.74) is 6.38. The van der Waals surface area contributed by atoms with Gasteiger partial charge in [-0.2, -0.15) is 0 Å². The van der Waals surface area contributed by atoms with E-state index in [4.69, 9.17) is 17.3 Å². The van der Waals surface area contributed by atoms with Crippen LogP contribution in [0.3, 0.4) is 0 Å². The molecule has 0 radical (unpaired) electrons. The number of hydrogen-bond donors (Lipinski definition) is 4. The van der Waals surface area contributed by atoms with Crippen LogP contribution in [0.5, 0.6) is 11.5 Å². The zero-order valence-electron chi connectivity index (χ0n) is 8.45. The average molecular weight is 226 g/mol. The van der Waals surface area contributed by atoms with Gasteiger partial charge in [0.25, 0.3) is 0 Å². The van der Waals surface area contributed by atoms with E-state index in [9.17, 15) is 5.11 Å². The lowest BCUT2D eigenvalue weighted by Crippen LogP contribution is -2.35. The molecule has 1 aromatic carbocycles. The first kappa shape index (κ1) is 11.9. The highest BCUT2D eigenvalue weighted by atomic mass is 32.1. The van der Waals surface area contributed by atoms with E-state index in [2.05, 4.69) is 10.9 Å². The first-order chi connectivity index (χ1) is 7.15. The number of aromatic hydroxyl groups is 2. The lowest BCUT2D eigenvalue weighted by atomic mass is 10.1. The fourth-order valence-corrected chi connectivity index (χ4v) is 1.36. The minimum atomic E-state index is -0.00158. The number of hydrazine groups is 1. The Hall–Kier alpha value is -1.17. The summed E-state index contributed by atoms with van der Waals surface area (Å²) in [7, 11) is 0. The van der Waals surface area contributed by atoms with Crippen molar-refractivity contribution in [3.8, 4) is 11.5 Å². The van der Waals surface area contributed by atoms with Crippen molar-refractivity contribution >= 4 is 17.1 Å². The Morgan fingerprint density at radius 1 is 1.33 bits per heavy atom. The molecule has 4 nitrogen and oxygen atoms in total. The smallest absolute Gasteiger partial charge is 0.127 e. The highest BCUT2D eigenvalue weighted by Gasteiger charge is 2.07. The first-order valence-electron chi connectivity index (χ1n) is 4.66. The van der Waals surface area contributed by atoms with Gasteiger partial charge in [-0.1, -0.05) is 19.1 Å². The molecule has 1 aromatic rings. The van der Waals surface area contributed by atoms with Crippen molar-refractivity contribution in [2.24, 2.45) is 0 Å². The monoisotopic (exact) mass is 226 g/mol. The molecular weight excluding hydrogens is 212 g/mol. The molecule has 15 heavy (non-hydrogen) atoms. The second kappa shape index (κ2) is 5.65. The van der Waals surface area contributed by atoms with Crippen molar-refractivity contribution in [2.45, 2.75) is 6.92 Å². The number of nitrogens with one attached hydrogen (secondary N) is 2. The van der Waals surface area contributed by atoms with Gasteiger partial charge in [-0.25, -0.2) is 0 Å². The molecule has 0 heterocycles. The van der Waals surface area contributed by atoms with Gasteiger partial charge in [0.15, 0.2) is 0 Å². The average Bonchev–Trinajstić information content (AvgIpc) is 2.17. The van der Waals surface area contributed by atoms with E-state index >= 15 is 0 Å². The zero-order valence-corrected chi connectivity index (χ0v) is 9.27. The van der Waals surface area contributed by atoms with Crippen molar-refractivity contribution in [3.05, 3.63) is 23.8 Å². The van der Waals surface area contributed by atoms with Crippen LogP contribution < -0.4 is 10.9 Å². The van der Waals surface area contributed by atoms with Crippen molar-refractivity contribution in [3.63, 3.8) is 0 Å². The third-order valence-electron chi connectivity index (χ3n) is 1.83. The number of rotatable bonds is 5. The molecule has 0 aliphatic heterocycles. The second-order valence-electron chi connectivity index (χ2n) is 3.01. The van der Waals surface area contributed by atoms with Crippen LogP contribution in [0.25, 0.3) is 0 Å². The van der Waals surface area contributed by atoms with E-state index in [-0.39, 0.29) is 11.5 Å². The summed E-state index contributed by atoms with van der Waals surface area (Å²) in [5.74, 6) is 0.0250. The molecule has 0 atom stereocenters. The molecule has 0 aliphatic rings. The molecule has 0 saturated carbocycles. The molecule has 1 rings (SSSR count). The van der Waals surface area contributed by atoms with Crippen LogP contribution in [0.15, 0.2) is 18.2 Å². The van der Waals surface area contributed by atoms with Crippen molar-refractivity contribution in [2.75, 3.05) is 13.1 Å². The standard InChI is InChI=1S/C10H14N2O2S/c1-2-11-12-6-10(15)8-4-3-7(13)5-9(8)14/h3-5,11-14H,2,6H2,1H3. The van der Waals surface area contributed by atoms with Gasteiger partial charge < -0.3 is 10.2 Å². The van der Waals surface area contributed by atoms with E-state index in [0.717, 1.165) is 6.54 Å². The molecule has 0 fully saturated rings. The van der Waals surface area contributed by atoms with Crippen LogP contribution in [0.1, 0.15) is 12.5 Å². The Kier molecular flexibility index (Phi) is 4.48. The topological polar surface area (TPSA) is 64.5 Å². The second-order valence-corrected chi connectivity index (χ2v) is 3.50. The van der Waals surface area contributed by atoms with Gasteiger partial charge >= 0.3 is 0 Å². The summed E-state index contributed by atoms with van der Waals surface area (Å²) in [4.78, 5) is 0.591. The molecule has 0 aromatic heterocycles. The third-order valence-corrected chi connectivity index (χ3v) is 2.20. The summed E-state index contributed by atoms with van der Waals surface area (Å²) in [6.45, 7) is 3.22. The number of phenols is 2. The van der Waals surface area contributed by atoms with E-state index in [1.807, 2.05) is 6.92 Å². The van der Waals surface area contributed by atoms with Gasteiger partial charge in [0, 0.05) is 29.6 Å². The highest BCUT2D eigenvalue weighted by molar-refractivity contribution is 7.81. The lowest BCUT2D eigenvalue weighted by Gasteiger charge is -2.08. The Morgan fingerprint density at radius 2 is 2.07 bits per heavy atom. The molecule has 5 heteroatoms. The van der Waals surface area contributed by atoms with Crippen molar-refractivity contribution < 1.29 is 10.2 Å². The Morgan fingerprint density at radius 3 is 2.67 bits per heavy atom. The fraction of sp³-hybridized carbons (Fsp3) is 0.300. The maximum atomic E-state index is 9.52. The van der Waals surface area contributed by atoms with E-state index in [0.29, 0.717) is 17.0 Å². The number of benzene rings is 1. The van der Waals surface area contributed by atoms with E-state index in [1.54, 1.807) is 6.07 Å². The summed E-state index contributed by atoms with van der Waals surface area (Å²) in [5, 5.41) is 18.6. The molecule has 0 unspecified atom stereocenters. The lowest BCUT2D eigenvalue weighted by molar-refractivity contribution is 0.450. The predicted octanol–water partition coefficient (Wildman–Crippen LogP) is 0.930. The first-order valence-corrected chi connectivity index (χ1v) is 5.07. The Bertz CT molecular complexity index is 355. The number of phenolic OH excluding ortho intramolecular Hbond substituents is 2. The van der Waals surface area contributed by atoms with Crippen molar-refractivity contribution in [1.29, 1.82) is 0 Å². The molecule has 4 N–H and O–H groups in total. The van der Waals surface area contributed by atoms with Gasteiger partial charge in [-0.05, 0) is 12.1 Å². The molecule has 0 aliphatic carbocycles. The normalized spacial score (nSPS) is 10.2. The zero-order chi connectivity index (χ0) is 11.3. The molecule has 0 saturated heterocycles. The van der Waals surface area contributed by atoms with Gasteiger partial charge in [-0.3, -0.25) is 10.9 Å². The third kappa shape index (κ3) is 3.47. The number of hydrogen-bond acceptors (Lipinski definition) is 5. The minimum Gasteiger partial charge on any atom is -0.508 e. The fourth-order valence-electron chi connectivity index (χ4n) is 1.12. The largest absolute Gasteiger partial charge is 0.508 e. The van der Waals surface area contributed by atoms with Gasteiger partial charge in [0.05, 0.1) is 0 Å². The van der Waals surface area contributed by atoms with Crippen LogP contribution >= 0.6 is 12.2 Å². The highest BCUT2D eigenvalue weighted by Crippen LogP contribution is 2.22. The molecule has 0 spiro atoms. The van der Waals surface area contributed by atoms with Gasteiger partial charge in [0.1, 0.15) is 11.5 Å². The van der Waals surface area contributed by atoms with Crippen LogP contribution in [-0.2, 0) is 0 Å². The molecular formula is C10H14N2O2S. The quantitative estimate of drug-likeness (QED) is 0.260. The van der Waals surface area contributed by atoms with Gasteiger partial charge in [0.2, 0.25) is 0 Å². The summed E-state index contributed by atoms with van der Waals surface area (Å²) >= 11 is 5.12. The van der Waals surface area contributed by atoms with Crippen LogP contribution in [0.2, 0.25) is 0 Å². The minimum absolute atomic E-state index is 0.00158. The summed E-state index contributed by atoms with van der Waals surface area (Å²) in [6, 6.07) is 4.37. The van der Waals surface area contributed by atoms with Crippen molar-refractivity contribution in [1.82, 2.24) is 10.9 Å². The summed E-state index contributed by atoms with van der Waals surface area (Å²) in [6.07, 6.45) is 0. The maximum absolute atomic E-state index is 9.52. The predicted molar refractivity (Wildman–Crippen MR) is 63.2 cm³/mol. The summed E-state index contributed by atoms with van der Waals surface area (Å²) < 4.78 is 0. The number of thiocarbonyl (C=S) groups is 1. The van der Waals surface area contributed by atoms with Crippen LogP contribution in [0.4, 0.5) is 0 Å².